The van der Waals surface area contributed by atoms with E-state index in [1.54, 1.807) is 12.1 Å². The lowest BCUT2D eigenvalue weighted by molar-refractivity contribution is -0.146. The smallest absolute Gasteiger partial charge is 0.330 e. The van der Waals surface area contributed by atoms with Crippen LogP contribution in [0.4, 0.5) is 0 Å². The van der Waals surface area contributed by atoms with Gasteiger partial charge in [-0.25, -0.2) is 4.79 Å². The lowest BCUT2D eigenvalue weighted by Crippen LogP contribution is -2.55. The molecule has 8 heteroatoms. The summed E-state index contributed by atoms with van der Waals surface area (Å²) >= 11 is 3.35. The Kier molecular flexibility index (Phi) is 8.69. The molecule has 0 heterocycles. The fourth-order valence-electron chi connectivity index (χ4n) is 3.39. The van der Waals surface area contributed by atoms with Crippen LogP contribution in [0.3, 0.4) is 0 Å². The molecule has 150 valence electrons. The molecule has 4 N–H and O–H groups in total. The number of methoxy groups -OCH3 is 1. The number of carbonyl (C=O) groups is 2. The number of halogens is 1. The fraction of sp³-hybridized carbons (Fsp3) is 0.579. The number of benzene rings is 1. The molecule has 0 spiro atoms. The third-order valence-electron chi connectivity index (χ3n) is 4.91. The maximum absolute atomic E-state index is 12.8. The molecule has 1 amide bonds. The van der Waals surface area contributed by atoms with Crippen molar-refractivity contribution >= 4 is 27.8 Å². The lowest BCUT2D eigenvalue weighted by Gasteiger charge is -2.32. The Bertz CT molecular complexity index is 619. The van der Waals surface area contributed by atoms with E-state index in [0.717, 1.165) is 36.6 Å². The van der Waals surface area contributed by atoms with Crippen molar-refractivity contribution in [2.75, 3.05) is 13.7 Å². The number of aliphatic hydroxyl groups excluding tert-OH is 2. The van der Waals surface area contributed by atoms with Gasteiger partial charge in [-0.3, -0.25) is 10.1 Å². The minimum Gasteiger partial charge on any atom is -0.467 e. The van der Waals surface area contributed by atoms with E-state index in [1.165, 1.54) is 7.11 Å². The molecule has 7 nitrogen and oxygen atoms in total. The predicted molar refractivity (Wildman–Crippen MR) is 104 cm³/mol. The van der Waals surface area contributed by atoms with Crippen LogP contribution in [-0.2, 0) is 14.3 Å². The first-order valence-electron chi connectivity index (χ1n) is 9.15. The van der Waals surface area contributed by atoms with Crippen LogP contribution in [0.2, 0.25) is 0 Å². The summed E-state index contributed by atoms with van der Waals surface area (Å²) in [5.41, 5.74) is 0.637. The van der Waals surface area contributed by atoms with Crippen LogP contribution in [-0.4, -0.2) is 47.9 Å². The number of nitrogens with one attached hydrogen (secondary N) is 2. The summed E-state index contributed by atoms with van der Waals surface area (Å²) in [5, 5.41) is 25.5. The molecule has 0 saturated heterocycles. The van der Waals surface area contributed by atoms with E-state index < -0.39 is 36.8 Å². The molecule has 1 saturated carbocycles. The van der Waals surface area contributed by atoms with Crippen LogP contribution < -0.4 is 10.6 Å². The van der Waals surface area contributed by atoms with Crippen molar-refractivity contribution in [3.63, 3.8) is 0 Å². The van der Waals surface area contributed by atoms with E-state index in [9.17, 15) is 19.8 Å². The van der Waals surface area contributed by atoms with Crippen molar-refractivity contribution in [3.8, 4) is 0 Å². The van der Waals surface area contributed by atoms with Gasteiger partial charge >= 0.3 is 5.97 Å². The van der Waals surface area contributed by atoms with E-state index >= 15 is 0 Å². The first kappa shape index (κ1) is 21.8. The molecular weight excluding hydrogens is 416 g/mol. The van der Waals surface area contributed by atoms with Gasteiger partial charge in [-0.2, -0.15) is 0 Å². The summed E-state index contributed by atoms with van der Waals surface area (Å²) in [5.74, 6) is -1.09. The second-order valence-corrected chi connectivity index (χ2v) is 7.68. The quantitative estimate of drug-likeness (QED) is 0.360. The van der Waals surface area contributed by atoms with E-state index in [0.29, 0.717) is 5.56 Å². The van der Waals surface area contributed by atoms with Crippen molar-refractivity contribution in [2.24, 2.45) is 5.92 Å². The maximum atomic E-state index is 12.8. The highest BCUT2D eigenvalue weighted by atomic mass is 79.9. The van der Waals surface area contributed by atoms with Gasteiger partial charge in [0.2, 0.25) is 5.91 Å². The van der Waals surface area contributed by atoms with Gasteiger partial charge in [0.25, 0.3) is 0 Å². The lowest BCUT2D eigenvalue weighted by atomic mass is 9.83. The molecule has 0 aliphatic heterocycles. The molecule has 3 atom stereocenters. The van der Waals surface area contributed by atoms with Crippen LogP contribution in [0, 0.1) is 5.92 Å². The first-order valence-corrected chi connectivity index (χ1v) is 9.94. The monoisotopic (exact) mass is 442 g/mol. The topological polar surface area (TPSA) is 108 Å². The van der Waals surface area contributed by atoms with Crippen LogP contribution >= 0.6 is 15.9 Å². The summed E-state index contributed by atoms with van der Waals surface area (Å²) in [6, 6.07) is 5.36. The zero-order valence-corrected chi connectivity index (χ0v) is 16.9. The average Bonchev–Trinajstić information content (AvgIpc) is 2.70. The van der Waals surface area contributed by atoms with Crippen LogP contribution in [0.25, 0.3) is 0 Å². The van der Waals surface area contributed by atoms with Gasteiger partial charge in [0.15, 0.2) is 6.04 Å². The Morgan fingerprint density at radius 2 is 1.85 bits per heavy atom. The Hall–Kier alpha value is -1.48. The van der Waals surface area contributed by atoms with Gasteiger partial charge < -0.3 is 20.3 Å². The number of hydrogen-bond donors (Lipinski definition) is 4. The molecule has 0 bridgehead atoms. The normalized spacial score (nSPS) is 18.4. The summed E-state index contributed by atoms with van der Waals surface area (Å²) in [4.78, 5) is 24.5. The highest BCUT2D eigenvalue weighted by Gasteiger charge is 2.33. The van der Waals surface area contributed by atoms with Crippen molar-refractivity contribution in [1.29, 1.82) is 0 Å². The number of amides is 1. The molecule has 1 unspecified atom stereocenters. The molecule has 2 rings (SSSR count). The number of rotatable bonds is 8. The van der Waals surface area contributed by atoms with Crippen LogP contribution in [0.1, 0.15) is 43.9 Å². The summed E-state index contributed by atoms with van der Waals surface area (Å²) in [6.07, 6.45) is 3.86. The second kappa shape index (κ2) is 10.8. The van der Waals surface area contributed by atoms with E-state index in [-0.39, 0.29) is 5.92 Å². The number of aliphatic hydroxyl groups is 2. The van der Waals surface area contributed by atoms with Crippen molar-refractivity contribution < 1.29 is 24.5 Å². The minimum absolute atomic E-state index is 0.0424. The third-order valence-corrected chi connectivity index (χ3v) is 5.44. The minimum atomic E-state index is -1.12. The van der Waals surface area contributed by atoms with Crippen LogP contribution in [0.15, 0.2) is 28.7 Å². The molecule has 0 radical (unpaired) electrons. The van der Waals surface area contributed by atoms with Crippen molar-refractivity contribution in [2.45, 2.75) is 50.4 Å². The molecule has 1 aromatic rings. The zero-order chi connectivity index (χ0) is 19.8. The molecule has 1 fully saturated rings. The average molecular weight is 443 g/mol. The molecular formula is C19H27BrN2O5. The van der Waals surface area contributed by atoms with Gasteiger partial charge in [0, 0.05) is 4.47 Å². The van der Waals surface area contributed by atoms with Crippen molar-refractivity contribution in [1.82, 2.24) is 10.6 Å². The summed E-state index contributed by atoms with van der Waals surface area (Å²) in [7, 11) is 1.20. The van der Waals surface area contributed by atoms with Crippen LogP contribution in [0.5, 0.6) is 0 Å². The standard InChI is InChI=1S/C19H27BrN2O5/c1-27-19(26)15(11-23)21-18(25)16(12-5-3-2-4-6-12)22-17(24)13-7-9-14(20)10-8-13/h7-10,12,15-17,22-24H,2-6,11H2,1H3,(H,21,25)/t15-,16-,17?/m0/s1. The second-order valence-electron chi connectivity index (χ2n) is 6.76. The van der Waals surface area contributed by atoms with E-state index in [2.05, 4.69) is 31.3 Å². The van der Waals surface area contributed by atoms with Gasteiger partial charge in [-0.1, -0.05) is 47.3 Å². The highest BCUT2D eigenvalue weighted by Crippen LogP contribution is 2.28. The Morgan fingerprint density at radius 1 is 1.22 bits per heavy atom. The zero-order valence-electron chi connectivity index (χ0n) is 15.4. The molecule has 1 aromatic carbocycles. The van der Waals surface area contributed by atoms with E-state index in [1.807, 2.05) is 12.1 Å². The molecule has 27 heavy (non-hydrogen) atoms. The Balaban J connectivity index is 2.13. The van der Waals surface area contributed by atoms with Gasteiger partial charge in [-0.15, -0.1) is 0 Å². The Labute approximate surface area is 167 Å². The number of carbonyl (C=O) groups excluding carboxylic acids is 2. The number of hydrogen-bond acceptors (Lipinski definition) is 6. The van der Waals surface area contributed by atoms with Gasteiger partial charge in [0.1, 0.15) is 6.23 Å². The first-order chi connectivity index (χ1) is 13.0. The number of ether oxygens (including phenoxy) is 1. The predicted octanol–water partition coefficient (Wildman–Crippen LogP) is 1.63. The summed E-state index contributed by atoms with van der Waals surface area (Å²) in [6.45, 7) is -0.551. The SMILES string of the molecule is COC(=O)[C@H](CO)NC(=O)[C@@H](NC(O)c1ccc(Br)cc1)C1CCCCC1. The third kappa shape index (κ3) is 6.27. The molecule has 0 aromatic heterocycles. The number of esters is 1. The van der Waals surface area contributed by atoms with E-state index in [4.69, 9.17) is 0 Å². The fourth-order valence-corrected chi connectivity index (χ4v) is 3.65. The van der Waals surface area contributed by atoms with Crippen molar-refractivity contribution in [3.05, 3.63) is 34.3 Å². The largest absolute Gasteiger partial charge is 0.467 e. The maximum Gasteiger partial charge on any atom is 0.330 e. The summed E-state index contributed by atoms with van der Waals surface area (Å²) < 4.78 is 5.50. The van der Waals surface area contributed by atoms with Gasteiger partial charge in [0.05, 0.1) is 19.8 Å². The highest BCUT2D eigenvalue weighted by molar-refractivity contribution is 9.10. The van der Waals surface area contributed by atoms with Gasteiger partial charge in [-0.05, 0) is 36.5 Å². The Morgan fingerprint density at radius 3 is 2.41 bits per heavy atom. The molecule has 1 aliphatic rings. The molecule has 1 aliphatic carbocycles.